The van der Waals surface area contributed by atoms with E-state index in [1.807, 2.05) is 11.0 Å². The number of likely N-dealkylation sites (tertiary alicyclic amines) is 1. The van der Waals surface area contributed by atoms with Crippen LogP contribution in [0.3, 0.4) is 0 Å². The summed E-state index contributed by atoms with van der Waals surface area (Å²) in [5, 5.41) is 2.07. The van der Waals surface area contributed by atoms with Gasteiger partial charge in [-0.3, -0.25) is 4.79 Å². The minimum atomic E-state index is 0.336. The molecular formula is C12H17NOS. The number of rotatable bonds is 3. The average Bonchev–Trinajstić information content (AvgIpc) is 2.80. The number of piperidine rings is 1. The lowest BCUT2D eigenvalue weighted by Crippen LogP contribution is -2.35. The van der Waals surface area contributed by atoms with Crippen molar-refractivity contribution in [1.29, 1.82) is 0 Å². The molecule has 1 fully saturated rings. The third-order valence-electron chi connectivity index (χ3n) is 2.87. The third-order valence-corrected chi connectivity index (χ3v) is 3.81. The van der Waals surface area contributed by atoms with Gasteiger partial charge in [-0.1, -0.05) is 6.07 Å². The summed E-state index contributed by atoms with van der Waals surface area (Å²) in [4.78, 5) is 15.2. The summed E-state index contributed by atoms with van der Waals surface area (Å²) in [6.45, 7) is 1.95. The molecule has 1 aromatic rings. The van der Waals surface area contributed by atoms with Gasteiger partial charge in [0.15, 0.2) is 0 Å². The molecule has 0 bridgehead atoms. The van der Waals surface area contributed by atoms with E-state index in [1.165, 1.54) is 24.1 Å². The van der Waals surface area contributed by atoms with Gasteiger partial charge < -0.3 is 4.90 Å². The Morgan fingerprint density at radius 2 is 2.13 bits per heavy atom. The number of hydrogen-bond acceptors (Lipinski definition) is 2. The molecule has 1 aliphatic rings. The van der Waals surface area contributed by atoms with Crippen molar-refractivity contribution in [1.82, 2.24) is 4.90 Å². The fourth-order valence-corrected chi connectivity index (χ4v) is 2.70. The van der Waals surface area contributed by atoms with Gasteiger partial charge in [0.2, 0.25) is 5.91 Å². The van der Waals surface area contributed by atoms with Gasteiger partial charge in [-0.15, -0.1) is 11.3 Å². The summed E-state index contributed by atoms with van der Waals surface area (Å²) >= 11 is 1.74. The van der Waals surface area contributed by atoms with Crippen LogP contribution < -0.4 is 0 Å². The van der Waals surface area contributed by atoms with Gasteiger partial charge >= 0.3 is 0 Å². The molecule has 0 unspecified atom stereocenters. The molecule has 0 aliphatic carbocycles. The lowest BCUT2D eigenvalue weighted by molar-refractivity contribution is -0.132. The first-order chi connectivity index (χ1) is 7.36. The van der Waals surface area contributed by atoms with Gasteiger partial charge in [-0.25, -0.2) is 0 Å². The lowest BCUT2D eigenvalue weighted by Gasteiger charge is -2.26. The molecule has 2 rings (SSSR count). The Morgan fingerprint density at radius 3 is 2.80 bits per heavy atom. The Hall–Kier alpha value is -0.830. The van der Waals surface area contributed by atoms with Crippen molar-refractivity contribution in [2.45, 2.75) is 32.1 Å². The molecule has 1 aliphatic heterocycles. The molecule has 0 saturated carbocycles. The summed E-state index contributed by atoms with van der Waals surface area (Å²) in [7, 11) is 0. The first-order valence-electron chi connectivity index (χ1n) is 5.66. The largest absolute Gasteiger partial charge is 0.343 e. The van der Waals surface area contributed by atoms with Crippen LogP contribution >= 0.6 is 11.3 Å². The van der Waals surface area contributed by atoms with Crippen molar-refractivity contribution >= 4 is 17.2 Å². The zero-order valence-electron chi connectivity index (χ0n) is 8.95. The quantitative estimate of drug-likeness (QED) is 0.771. The monoisotopic (exact) mass is 223 g/mol. The van der Waals surface area contributed by atoms with Gasteiger partial charge in [0, 0.05) is 24.4 Å². The maximum atomic E-state index is 11.8. The van der Waals surface area contributed by atoms with Gasteiger partial charge in [0.25, 0.3) is 0 Å². The van der Waals surface area contributed by atoms with E-state index in [4.69, 9.17) is 0 Å². The molecule has 1 saturated heterocycles. The van der Waals surface area contributed by atoms with Crippen molar-refractivity contribution in [2.75, 3.05) is 13.1 Å². The Balaban J connectivity index is 1.76. The number of thiophene rings is 1. The molecule has 1 amide bonds. The second-order valence-electron chi connectivity index (χ2n) is 4.02. The predicted molar refractivity (Wildman–Crippen MR) is 63.1 cm³/mol. The molecule has 0 spiro atoms. The van der Waals surface area contributed by atoms with Gasteiger partial charge in [0.05, 0.1) is 0 Å². The van der Waals surface area contributed by atoms with E-state index in [1.54, 1.807) is 11.3 Å². The topological polar surface area (TPSA) is 20.3 Å². The van der Waals surface area contributed by atoms with E-state index in [0.717, 1.165) is 19.5 Å². The van der Waals surface area contributed by atoms with E-state index in [0.29, 0.717) is 12.3 Å². The molecular weight excluding hydrogens is 206 g/mol. The molecule has 2 heterocycles. The number of carbonyl (C=O) groups is 1. The van der Waals surface area contributed by atoms with Crippen LogP contribution in [-0.4, -0.2) is 23.9 Å². The van der Waals surface area contributed by atoms with Gasteiger partial charge in [0.1, 0.15) is 0 Å². The standard InChI is InChI=1S/C12H17NOS/c14-12(13-8-2-1-3-9-13)7-6-11-5-4-10-15-11/h4-5,10H,1-3,6-9H2. The molecule has 15 heavy (non-hydrogen) atoms. The Labute approximate surface area is 94.9 Å². The lowest BCUT2D eigenvalue weighted by atomic mass is 10.1. The number of carbonyl (C=O) groups excluding carboxylic acids is 1. The zero-order chi connectivity index (χ0) is 10.5. The average molecular weight is 223 g/mol. The predicted octanol–water partition coefficient (Wildman–Crippen LogP) is 2.69. The van der Waals surface area contributed by atoms with E-state index in [2.05, 4.69) is 11.4 Å². The summed E-state index contributed by atoms with van der Waals surface area (Å²) < 4.78 is 0. The van der Waals surface area contributed by atoms with E-state index >= 15 is 0 Å². The van der Waals surface area contributed by atoms with E-state index < -0.39 is 0 Å². The van der Waals surface area contributed by atoms with Crippen LogP contribution in [0.4, 0.5) is 0 Å². The first kappa shape index (κ1) is 10.7. The number of nitrogens with zero attached hydrogens (tertiary/aromatic N) is 1. The van der Waals surface area contributed by atoms with Crippen LogP contribution in [0.5, 0.6) is 0 Å². The third kappa shape index (κ3) is 3.06. The highest BCUT2D eigenvalue weighted by molar-refractivity contribution is 7.09. The molecule has 2 nitrogen and oxygen atoms in total. The molecule has 0 N–H and O–H groups in total. The molecule has 0 atom stereocenters. The maximum absolute atomic E-state index is 11.8. The highest BCUT2D eigenvalue weighted by atomic mass is 32.1. The van der Waals surface area contributed by atoms with Crippen LogP contribution in [0.25, 0.3) is 0 Å². The van der Waals surface area contributed by atoms with Crippen LogP contribution in [0, 0.1) is 0 Å². The van der Waals surface area contributed by atoms with Crippen LogP contribution in [0.1, 0.15) is 30.6 Å². The molecule has 3 heteroatoms. The fraction of sp³-hybridized carbons (Fsp3) is 0.583. The fourth-order valence-electron chi connectivity index (χ4n) is 1.99. The van der Waals surface area contributed by atoms with Gasteiger partial charge in [-0.2, -0.15) is 0 Å². The highest BCUT2D eigenvalue weighted by Gasteiger charge is 2.15. The minimum Gasteiger partial charge on any atom is -0.343 e. The minimum absolute atomic E-state index is 0.336. The highest BCUT2D eigenvalue weighted by Crippen LogP contribution is 2.14. The first-order valence-corrected chi connectivity index (χ1v) is 6.54. The molecule has 82 valence electrons. The second-order valence-corrected chi connectivity index (χ2v) is 5.05. The van der Waals surface area contributed by atoms with Crippen LogP contribution in [-0.2, 0) is 11.2 Å². The smallest absolute Gasteiger partial charge is 0.222 e. The van der Waals surface area contributed by atoms with E-state index in [-0.39, 0.29) is 0 Å². The number of aryl methyl sites for hydroxylation is 1. The maximum Gasteiger partial charge on any atom is 0.222 e. The Morgan fingerprint density at radius 1 is 1.33 bits per heavy atom. The van der Waals surface area contributed by atoms with Crippen molar-refractivity contribution in [3.05, 3.63) is 22.4 Å². The normalized spacial score (nSPS) is 16.7. The molecule has 0 aromatic carbocycles. The van der Waals surface area contributed by atoms with Crippen LogP contribution in [0.15, 0.2) is 17.5 Å². The SMILES string of the molecule is O=C(CCc1cccs1)N1CCCCC1. The summed E-state index contributed by atoms with van der Waals surface area (Å²) in [6.07, 6.45) is 5.25. The van der Waals surface area contributed by atoms with Crippen molar-refractivity contribution in [3.63, 3.8) is 0 Å². The molecule has 0 radical (unpaired) electrons. The van der Waals surface area contributed by atoms with Gasteiger partial charge in [-0.05, 0) is 37.1 Å². The van der Waals surface area contributed by atoms with Crippen molar-refractivity contribution in [3.8, 4) is 0 Å². The van der Waals surface area contributed by atoms with Crippen molar-refractivity contribution < 1.29 is 4.79 Å². The summed E-state index contributed by atoms with van der Waals surface area (Å²) in [5.41, 5.74) is 0. The number of amides is 1. The summed E-state index contributed by atoms with van der Waals surface area (Å²) in [6, 6.07) is 4.15. The van der Waals surface area contributed by atoms with Crippen molar-refractivity contribution in [2.24, 2.45) is 0 Å². The zero-order valence-corrected chi connectivity index (χ0v) is 9.76. The number of hydrogen-bond donors (Lipinski definition) is 0. The van der Waals surface area contributed by atoms with E-state index in [9.17, 15) is 4.79 Å². The Kier molecular flexibility index (Phi) is 3.78. The molecule has 1 aromatic heterocycles. The Bertz CT molecular complexity index is 301. The summed E-state index contributed by atoms with van der Waals surface area (Å²) in [5.74, 6) is 0.336. The van der Waals surface area contributed by atoms with Crippen LogP contribution in [0.2, 0.25) is 0 Å². The second kappa shape index (κ2) is 5.31.